The van der Waals surface area contributed by atoms with E-state index in [0.717, 1.165) is 6.07 Å². The van der Waals surface area contributed by atoms with Crippen molar-refractivity contribution in [1.29, 1.82) is 0 Å². The summed E-state index contributed by atoms with van der Waals surface area (Å²) in [6, 6.07) is 2.27. The molecular formula is C9H8F3N3O2. The van der Waals surface area contributed by atoms with Crippen LogP contribution in [0.3, 0.4) is 0 Å². The lowest BCUT2D eigenvalue weighted by atomic mass is 10.2. The van der Waals surface area contributed by atoms with E-state index in [1.54, 1.807) is 0 Å². The number of hydrogen-bond acceptors (Lipinski definition) is 4. The van der Waals surface area contributed by atoms with E-state index in [9.17, 15) is 18.0 Å². The van der Waals surface area contributed by atoms with Crippen LogP contribution >= 0.6 is 0 Å². The zero-order chi connectivity index (χ0) is 12.7. The minimum absolute atomic E-state index is 0.0150. The van der Waals surface area contributed by atoms with Crippen molar-refractivity contribution in [3.05, 3.63) is 17.8 Å². The van der Waals surface area contributed by atoms with E-state index >= 15 is 0 Å². The fourth-order valence-electron chi connectivity index (χ4n) is 1.36. The van der Waals surface area contributed by atoms with Crippen LogP contribution in [0.25, 0.3) is 0 Å². The van der Waals surface area contributed by atoms with Crippen molar-refractivity contribution in [1.82, 2.24) is 10.2 Å². The minimum atomic E-state index is -4.35. The second kappa shape index (κ2) is 3.57. The van der Waals surface area contributed by atoms with Gasteiger partial charge in [0.25, 0.3) is 0 Å². The zero-order valence-electron chi connectivity index (χ0n) is 8.45. The average molecular weight is 247 g/mol. The lowest BCUT2D eigenvalue weighted by Crippen LogP contribution is -2.39. The molecule has 1 aromatic heterocycles. The van der Waals surface area contributed by atoms with Gasteiger partial charge in [0.15, 0.2) is 5.69 Å². The first-order valence-electron chi connectivity index (χ1n) is 4.76. The van der Waals surface area contributed by atoms with Crippen LogP contribution in [-0.4, -0.2) is 33.0 Å². The summed E-state index contributed by atoms with van der Waals surface area (Å²) >= 11 is 0. The van der Waals surface area contributed by atoms with Gasteiger partial charge in [-0.05, 0) is 25.0 Å². The lowest BCUT2D eigenvalue weighted by Gasteiger charge is -2.20. The Morgan fingerprint density at radius 1 is 1.35 bits per heavy atom. The summed E-state index contributed by atoms with van der Waals surface area (Å²) in [5.74, 6) is -1.36. The molecule has 0 bridgehead atoms. The van der Waals surface area contributed by atoms with E-state index in [-0.39, 0.29) is 24.4 Å². The molecule has 1 aliphatic carbocycles. The van der Waals surface area contributed by atoms with E-state index in [1.165, 1.54) is 6.07 Å². The van der Waals surface area contributed by atoms with Gasteiger partial charge in [0, 0.05) is 0 Å². The molecule has 0 saturated heterocycles. The van der Waals surface area contributed by atoms with Gasteiger partial charge in [-0.25, -0.2) is 4.79 Å². The Morgan fingerprint density at radius 2 is 2.00 bits per heavy atom. The molecule has 17 heavy (non-hydrogen) atoms. The molecule has 8 heteroatoms. The van der Waals surface area contributed by atoms with Gasteiger partial charge < -0.3 is 10.4 Å². The SMILES string of the molecule is O=C(O)c1ccc(NC2(C(F)(F)F)CC2)nn1. The number of hydrogen-bond donors (Lipinski definition) is 2. The summed E-state index contributed by atoms with van der Waals surface area (Å²) in [6.07, 6.45) is -4.38. The molecule has 92 valence electrons. The maximum absolute atomic E-state index is 12.6. The zero-order valence-corrected chi connectivity index (χ0v) is 8.45. The molecule has 0 aromatic carbocycles. The molecule has 0 unspecified atom stereocenters. The molecule has 1 aromatic rings. The molecule has 1 heterocycles. The first kappa shape index (κ1) is 11.6. The molecule has 0 spiro atoms. The van der Waals surface area contributed by atoms with Gasteiger partial charge in [-0.3, -0.25) is 0 Å². The third-order valence-corrected chi connectivity index (χ3v) is 2.54. The highest BCUT2D eigenvalue weighted by molar-refractivity contribution is 5.85. The monoisotopic (exact) mass is 247 g/mol. The van der Waals surface area contributed by atoms with Crippen LogP contribution in [0.4, 0.5) is 19.0 Å². The Morgan fingerprint density at radius 3 is 2.35 bits per heavy atom. The standard InChI is InChI=1S/C9H8F3N3O2/c10-9(11,12)8(3-4-8)13-6-2-1-5(7(16)17)14-15-6/h1-2H,3-4H2,(H,13,15)(H,16,17). The quantitative estimate of drug-likeness (QED) is 0.849. The van der Waals surface area contributed by atoms with E-state index in [0.29, 0.717) is 0 Å². The van der Waals surface area contributed by atoms with Crippen LogP contribution in [0.2, 0.25) is 0 Å². The number of nitrogens with zero attached hydrogens (tertiary/aromatic N) is 2. The minimum Gasteiger partial charge on any atom is -0.476 e. The second-order valence-electron chi connectivity index (χ2n) is 3.81. The summed E-state index contributed by atoms with van der Waals surface area (Å²) < 4.78 is 37.8. The molecule has 0 atom stereocenters. The van der Waals surface area contributed by atoms with Crippen molar-refractivity contribution >= 4 is 11.8 Å². The van der Waals surface area contributed by atoms with Crippen LogP contribution in [0.5, 0.6) is 0 Å². The predicted octanol–water partition coefficient (Wildman–Crippen LogP) is 1.68. The largest absolute Gasteiger partial charge is 0.476 e. The number of aromatic nitrogens is 2. The summed E-state index contributed by atoms with van der Waals surface area (Å²) in [6.45, 7) is 0. The maximum Gasteiger partial charge on any atom is 0.411 e. The maximum atomic E-state index is 12.6. The van der Waals surface area contributed by atoms with Crippen molar-refractivity contribution < 1.29 is 23.1 Å². The van der Waals surface area contributed by atoms with Gasteiger partial charge in [-0.2, -0.15) is 13.2 Å². The molecule has 1 fully saturated rings. The van der Waals surface area contributed by atoms with Crippen molar-refractivity contribution in [2.45, 2.75) is 24.6 Å². The molecule has 2 N–H and O–H groups in total. The summed E-state index contributed by atoms with van der Waals surface area (Å²) in [7, 11) is 0. The van der Waals surface area contributed by atoms with E-state index in [2.05, 4.69) is 15.5 Å². The van der Waals surface area contributed by atoms with Crippen molar-refractivity contribution in [2.24, 2.45) is 0 Å². The number of nitrogens with one attached hydrogen (secondary N) is 1. The van der Waals surface area contributed by atoms with Gasteiger partial charge >= 0.3 is 12.1 Å². The third kappa shape index (κ3) is 2.15. The van der Waals surface area contributed by atoms with Crippen LogP contribution in [-0.2, 0) is 0 Å². The Bertz CT molecular complexity index is 440. The second-order valence-corrected chi connectivity index (χ2v) is 3.81. The highest BCUT2D eigenvalue weighted by atomic mass is 19.4. The van der Waals surface area contributed by atoms with E-state index in [1.807, 2.05) is 0 Å². The van der Waals surface area contributed by atoms with Crippen molar-refractivity contribution in [3.8, 4) is 0 Å². The topological polar surface area (TPSA) is 75.1 Å². The van der Waals surface area contributed by atoms with E-state index in [4.69, 9.17) is 5.11 Å². The summed E-state index contributed by atoms with van der Waals surface area (Å²) in [5, 5.41) is 17.5. The van der Waals surface area contributed by atoms with Gasteiger partial charge in [0.1, 0.15) is 11.4 Å². The first-order chi connectivity index (χ1) is 7.84. The number of aromatic carboxylic acids is 1. The van der Waals surface area contributed by atoms with Crippen LogP contribution < -0.4 is 5.32 Å². The molecule has 1 saturated carbocycles. The highest BCUT2D eigenvalue weighted by Gasteiger charge is 2.63. The summed E-state index contributed by atoms with van der Waals surface area (Å²) in [4.78, 5) is 10.5. The van der Waals surface area contributed by atoms with E-state index < -0.39 is 17.7 Å². The smallest absolute Gasteiger partial charge is 0.411 e. The normalized spacial score (nSPS) is 17.6. The Kier molecular flexibility index (Phi) is 2.44. The molecule has 5 nitrogen and oxygen atoms in total. The molecule has 1 aliphatic rings. The summed E-state index contributed by atoms with van der Waals surface area (Å²) in [5.41, 5.74) is -2.24. The molecule has 0 radical (unpaired) electrons. The van der Waals surface area contributed by atoms with Gasteiger partial charge in [0.2, 0.25) is 0 Å². The highest BCUT2D eigenvalue weighted by Crippen LogP contribution is 2.50. The number of anilines is 1. The predicted molar refractivity (Wildman–Crippen MR) is 50.6 cm³/mol. The number of carboxylic acids is 1. The van der Waals surface area contributed by atoms with Gasteiger partial charge in [0.05, 0.1) is 0 Å². The Hall–Kier alpha value is -1.86. The number of rotatable bonds is 3. The molecule has 0 amide bonds. The average Bonchev–Trinajstić information content (AvgIpc) is 2.98. The number of halogens is 3. The van der Waals surface area contributed by atoms with Crippen molar-refractivity contribution in [3.63, 3.8) is 0 Å². The fraction of sp³-hybridized carbons (Fsp3) is 0.444. The third-order valence-electron chi connectivity index (χ3n) is 2.54. The van der Waals surface area contributed by atoms with Crippen LogP contribution in [0.1, 0.15) is 23.3 Å². The molecule has 0 aliphatic heterocycles. The van der Waals surface area contributed by atoms with Crippen LogP contribution in [0.15, 0.2) is 12.1 Å². The number of carboxylic acid groups (broad SMARTS) is 1. The lowest BCUT2D eigenvalue weighted by molar-refractivity contribution is -0.151. The van der Waals surface area contributed by atoms with Crippen LogP contribution in [0, 0.1) is 0 Å². The number of alkyl halides is 3. The fourth-order valence-corrected chi connectivity index (χ4v) is 1.36. The van der Waals surface area contributed by atoms with Crippen molar-refractivity contribution in [2.75, 3.05) is 5.32 Å². The Balaban J connectivity index is 2.13. The molecule has 2 rings (SSSR count). The number of carbonyl (C=O) groups is 1. The first-order valence-corrected chi connectivity index (χ1v) is 4.76. The molecular weight excluding hydrogens is 239 g/mol. The van der Waals surface area contributed by atoms with Gasteiger partial charge in [-0.15, -0.1) is 10.2 Å². The van der Waals surface area contributed by atoms with Gasteiger partial charge in [-0.1, -0.05) is 0 Å². The Labute approximate surface area is 93.7 Å².